The second kappa shape index (κ2) is 5.82. The fourth-order valence-electron chi connectivity index (χ4n) is 2.19. The Morgan fingerprint density at radius 3 is 3.00 bits per heavy atom. The van der Waals surface area contributed by atoms with Crippen LogP contribution in [0.15, 0.2) is 24.3 Å². The van der Waals surface area contributed by atoms with Crippen LogP contribution in [0.2, 0.25) is 0 Å². The molecule has 0 saturated carbocycles. The Morgan fingerprint density at radius 2 is 2.22 bits per heavy atom. The highest BCUT2D eigenvalue weighted by Gasteiger charge is 2.17. The molecule has 0 spiro atoms. The second-order valence-corrected chi connectivity index (χ2v) is 4.73. The molecule has 2 rings (SSSR count). The third kappa shape index (κ3) is 3.43. The Bertz CT molecular complexity index is 422. The van der Waals surface area contributed by atoms with Crippen LogP contribution in [0.25, 0.3) is 0 Å². The normalized spacial score (nSPS) is 21.3. The average molecular weight is 250 g/mol. The van der Waals surface area contributed by atoms with Gasteiger partial charge in [0, 0.05) is 12.6 Å². The summed E-state index contributed by atoms with van der Waals surface area (Å²) in [6.45, 7) is 2.11. The van der Waals surface area contributed by atoms with Crippen LogP contribution < -0.4 is 4.74 Å². The van der Waals surface area contributed by atoms with Gasteiger partial charge in [0.2, 0.25) is 0 Å². The van der Waals surface area contributed by atoms with Crippen molar-refractivity contribution >= 4 is 5.69 Å². The van der Waals surface area contributed by atoms with Gasteiger partial charge in [-0.15, -0.1) is 0 Å². The smallest absolute Gasteiger partial charge is 0.273 e. The quantitative estimate of drug-likeness (QED) is 0.610. The van der Waals surface area contributed by atoms with Gasteiger partial charge in [-0.25, -0.2) is 0 Å². The Labute approximate surface area is 107 Å². The van der Waals surface area contributed by atoms with Crippen molar-refractivity contribution in [3.8, 4) is 5.75 Å². The minimum absolute atomic E-state index is 0.0817. The van der Waals surface area contributed by atoms with Gasteiger partial charge in [0.1, 0.15) is 5.75 Å². The maximum Gasteiger partial charge on any atom is 0.273 e. The van der Waals surface area contributed by atoms with E-state index in [-0.39, 0.29) is 11.8 Å². The lowest BCUT2D eigenvalue weighted by Gasteiger charge is -2.17. The molecule has 1 aliphatic heterocycles. The number of benzene rings is 1. The van der Waals surface area contributed by atoms with Crippen LogP contribution in [0.3, 0.4) is 0 Å². The zero-order chi connectivity index (χ0) is 13.0. The van der Waals surface area contributed by atoms with Crippen LogP contribution in [-0.4, -0.2) is 36.1 Å². The number of likely N-dealkylation sites (tertiary alicyclic amines) is 1. The molecule has 1 heterocycles. The molecule has 1 aromatic rings. The van der Waals surface area contributed by atoms with Crippen LogP contribution in [0.4, 0.5) is 5.69 Å². The summed E-state index contributed by atoms with van der Waals surface area (Å²) < 4.78 is 5.84. The van der Waals surface area contributed by atoms with Crippen molar-refractivity contribution in [1.29, 1.82) is 0 Å². The lowest BCUT2D eigenvalue weighted by molar-refractivity contribution is -0.384. The van der Waals surface area contributed by atoms with Crippen LogP contribution >= 0.6 is 0 Å². The fraction of sp³-hybridized carbons (Fsp3) is 0.538. The van der Waals surface area contributed by atoms with E-state index < -0.39 is 4.92 Å². The zero-order valence-electron chi connectivity index (χ0n) is 10.5. The first-order valence-electron chi connectivity index (χ1n) is 6.25. The SMILES string of the molecule is CN1CCCC(Oc2cccc([N+](=O)[O-])c2)CC1. The molecular formula is C13H18N2O3. The van der Waals surface area contributed by atoms with E-state index in [1.54, 1.807) is 12.1 Å². The van der Waals surface area contributed by atoms with Crippen molar-refractivity contribution < 1.29 is 9.66 Å². The molecule has 0 aromatic heterocycles. The molecule has 0 aliphatic carbocycles. The number of nitro benzene ring substituents is 1. The van der Waals surface area contributed by atoms with Gasteiger partial charge in [-0.1, -0.05) is 6.07 Å². The molecule has 5 heteroatoms. The Kier molecular flexibility index (Phi) is 4.15. The number of non-ortho nitro benzene ring substituents is 1. The van der Waals surface area contributed by atoms with Gasteiger partial charge in [-0.05, 0) is 38.9 Å². The topological polar surface area (TPSA) is 55.6 Å². The van der Waals surface area contributed by atoms with Crippen molar-refractivity contribution in [3.05, 3.63) is 34.4 Å². The number of rotatable bonds is 3. The summed E-state index contributed by atoms with van der Waals surface area (Å²) in [6, 6.07) is 6.42. The summed E-state index contributed by atoms with van der Waals surface area (Å²) in [4.78, 5) is 12.6. The molecule has 0 radical (unpaired) electrons. The van der Waals surface area contributed by atoms with Gasteiger partial charge in [0.15, 0.2) is 0 Å². The molecule has 1 unspecified atom stereocenters. The fourth-order valence-corrected chi connectivity index (χ4v) is 2.19. The first kappa shape index (κ1) is 12.8. The van der Waals surface area contributed by atoms with Crippen LogP contribution in [0.1, 0.15) is 19.3 Å². The summed E-state index contributed by atoms with van der Waals surface area (Å²) in [6.07, 6.45) is 3.25. The van der Waals surface area contributed by atoms with E-state index in [2.05, 4.69) is 11.9 Å². The number of hydrogen-bond acceptors (Lipinski definition) is 4. The van der Waals surface area contributed by atoms with Crippen molar-refractivity contribution in [2.24, 2.45) is 0 Å². The highest BCUT2D eigenvalue weighted by Crippen LogP contribution is 2.23. The zero-order valence-corrected chi connectivity index (χ0v) is 10.5. The lowest BCUT2D eigenvalue weighted by atomic mass is 10.1. The van der Waals surface area contributed by atoms with Gasteiger partial charge in [0.05, 0.1) is 17.1 Å². The first-order chi connectivity index (χ1) is 8.65. The predicted molar refractivity (Wildman–Crippen MR) is 68.9 cm³/mol. The highest BCUT2D eigenvalue weighted by atomic mass is 16.6. The maximum absolute atomic E-state index is 10.7. The monoisotopic (exact) mass is 250 g/mol. The molecule has 1 atom stereocenters. The van der Waals surface area contributed by atoms with Crippen molar-refractivity contribution in [2.45, 2.75) is 25.4 Å². The molecule has 1 fully saturated rings. The lowest BCUT2D eigenvalue weighted by Crippen LogP contribution is -2.21. The van der Waals surface area contributed by atoms with E-state index >= 15 is 0 Å². The molecule has 1 saturated heterocycles. The summed E-state index contributed by atoms with van der Waals surface area (Å²) in [5.74, 6) is 0.596. The maximum atomic E-state index is 10.7. The predicted octanol–water partition coefficient (Wildman–Crippen LogP) is 2.46. The Morgan fingerprint density at radius 1 is 1.39 bits per heavy atom. The number of ether oxygens (including phenoxy) is 1. The number of nitrogens with zero attached hydrogens (tertiary/aromatic N) is 2. The molecular weight excluding hydrogens is 232 g/mol. The minimum Gasteiger partial charge on any atom is -0.490 e. The van der Waals surface area contributed by atoms with Gasteiger partial charge in [-0.2, -0.15) is 0 Å². The van der Waals surface area contributed by atoms with Crippen LogP contribution in [0.5, 0.6) is 5.75 Å². The van der Waals surface area contributed by atoms with E-state index in [1.165, 1.54) is 12.1 Å². The van der Waals surface area contributed by atoms with E-state index in [1.807, 2.05) is 0 Å². The van der Waals surface area contributed by atoms with Crippen molar-refractivity contribution in [2.75, 3.05) is 20.1 Å². The van der Waals surface area contributed by atoms with E-state index in [0.717, 1.165) is 32.4 Å². The molecule has 18 heavy (non-hydrogen) atoms. The molecule has 0 amide bonds. The standard InChI is InChI=1S/C13H18N2O3/c1-14-8-3-6-12(7-9-14)18-13-5-2-4-11(10-13)15(16)17/h2,4-5,10,12H,3,6-9H2,1H3. The molecule has 98 valence electrons. The van der Waals surface area contributed by atoms with E-state index in [0.29, 0.717) is 5.75 Å². The molecule has 0 bridgehead atoms. The van der Waals surface area contributed by atoms with Gasteiger partial charge in [0.25, 0.3) is 5.69 Å². The summed E-state index contributed by atoms with van der Waals surface area (Å²) in [5, 5.41) is 10.7. The first-order valence-corrected chi connectivity index (χ1v) is 6.25. The van der Waals surface area contributed by atoms with Crippen LogP contribution in [0, 0.1) is 10.1 Å². The molecule has 5 nitrogen and oxygen atoms in total. The van der Waals surface area contributed by atoms with Crippen molar-refractivity contribution in [1.82, 2.24) is 4.90 Å². The molecule has 1 aliphatic rings. The van der Waals surface area contributed by atoms with E-state index in [9.17, 15) is 10.1 Å². The van der Waals surface area contributed by atoms with Gasteiger partial charge >= 0.3 is 0 Å². The number of hydrogen-bond donors (Lipinski definition) is 0. The minimum atomic E-state index is -0.395. The summed E-state index contributed by atoms with van der Waals surface area (Å²) in [5.41, 5.74) is 0.0817. The van der Waals surface area contributed by atoms with Gasteiger partial charge < -0.3 is 9.64 Å². The Hall–Kier alpha value is -1.62. The Balaban J connectivity index is 2.00. The molecule has 1 aromatic carbocycles. The largest absolute Gasteiger partial charge is 0.490 e. The summed E-state index contributed by atoms with van der Waals surface area (Å²) in [7, 11) is 2.11. The number of nitro groups is 1. The highest BCUT2D eigenvalue weighted by molar-refractivity contribution is 5.38. The second-order valence-electron chi connectivity index (χ2n) is 4.73. The van der Waals surface area contributed by atoms with Crippen molar-refractivity contribution in [3.63, 3.8) is 0 Å². The molecule has 0 N–H and O–H groups in total. The van der Waals surface area contributed by atoms with Gasteiger partial charge in [-0.3, -0.25) is 10.1 Å². The third-order valence-corrected chi connectivity index (χ3v) is 3.23. The third-order valence-electron chi connectivity index (χ3n) is 3.23. The van der Waals surface area contributed by atoms with Crippen LogP contribution in [-0.2, 0) is 0 Å². The summed E-state index contributed by atoms with van der Waals surface area (Å²) >= 11 is 0. The average Bonchev–Trinajstić information content (AvgIpc) is 2.55. The van der Waals surface area contributed by atoms with E-state index in [4.69, 9.17) is 4.74 Å².